The normalized spacial score (nSPS) is 14.1. The lowest BCUT2D eigenvalue weighted by atomic mass is 9.87. The molecule has 2 amide bonds. The van der Waals surface area contributed by atoms with Gasteiger partial charge in [-0.2, -0.15) is 0 Å². The van der Waals surface area contributed by atoms with Crippen molar-refractivity contribution in [3.05, 3.63) is 59.7 Å². The Labute approximate surface area is 161 Å². The van der Waals surface area contributed by atoms with Crippen LogP contribution in [-0.4, -0.2) is 36.9 Å². The Bertz CT molecular complexity index is 837. The number of carbonyl (C=O) groups excluding carboxylic acids is 2. The Hall–Kier alpha value is -2.66. The van der Waals surface area contributed by atoms with E-state index in [4.69, 9.17) is 0 Å². The van der Waals surface area contributed by atoms with E-state index >= 15 is 0 Å². The lowest BCUT2D eigenvalue weighted by Crippen LogP contribution is -2.45. The molecule has 2 aromatic rings. The van der Waals surface area contributed by atoms with E-state index < -0.39 is 0 Å². The first-order valence-electron chi connectivity index (χ1n) is 9.21. The molecule has 0 saturated carbocycles. The summed E-state index contributed by atoms with van der Waals surface area (Å²) in [6.45, 7) is 7.57. The van der Waals surface area contributed by atoms with Crippen LogP contribution in [0.2, 0.25) is 0 Å². The number of hydrogen-bond acceptors (Lipinski definition) is 3. The Morgan fingerprint density at radius 2 is 1.78 bits per heavy atom. The van der Waals surface area contributed by atoms with E-state index in [1.165, 1.54) is 5.56 Å². The zero-order valence-corrected chi connectivity index (χ0v) is 16.5. The zero-order valence-electron chi connectivity index (χ0n) is 16.5. The minimum atomic E-state index is -0.164. The number of hydrogen-bond donors (Lipinski definition) is 1. The van der Waals surface area contributed by atoms with E-state index in [2.05, 4.69) is 50.4 Å². The highest BCUT2D eigenvalue weighted by Crippen LogP contribution is 2.29. The van der Waals surface area contributed by atoms with Crippen molar-refractivity contribution in [2.45, 2.75) is 32.7 Å². The molecule has 0 radical (unpaired) electrons. The van der Waals surface area contributed by atoms with Crippen LogP contribution in [0, 0.1) is 0 Å². The van der Waals surface area contributed by atoms with Crippen LogP contribution in [0.25, 0.3) is 0 Å². The van der Waals surface area contributed by atoms with E-state index in [0.717, 1.165) is 11.3 Å². The first kappa shape index (κ1) is 19.1. The molecule has 142 valence electrons. The summed E-state index contributed by atoms with van der Waals surface area (Å²) in [4.78, 5) is 28.2. The molecule has 0 aliphatic carbocycles. The molecule has 3 rings (SSSR count). The second-order valence-electron chi connectivity index (χ2n) is 8.16. The largest absolute Gasteiger partial charge is 0.323 e. The molecule has 0 fully saturated rings. The van der Waals surface area contributed by atoms with Gasteiger partial charge in [-0.15, -0.1) is 0 Å². The van der Waals surface area contributed by atoms with Crippen molar-refractivity contribution in [3.8, 4) is 0 Å². The van der Waals surface area contributed by atoms with Crippen molar-refractivity contribution < 1.29 is 9.59 Å². The lowest BCUT2D eigenvalue weighted by Gasteiger charge is -2.30. The highest BCUT2D eigenvalue weighted by Gasteiger charge is 2.27. The number of nitrogens with one attached hydrogen (secondary N) is 1. The van der Waals surface area contributed by atoms with Gasteiger partial charge in [-0.25, -0.2) is 0 Å². The maximum Gasteiger partial charge on any atom is 0.244 e. The lowest BCUT2D eigenvalue weighted by molar-refractivity contribution is -0.122. The highest BCUT2D eigenvalue weighted by atomic mass is 16.2. The SMILES string of the molecule is CN(CC(=O)N1CC(=O)Nc2ccccc21)Cc1ccc(C(C)(C)C)cc1. The summed E-state index contributed by atoms with van der Waals surface area (Å²) in [6.07, 6.45) is 0. The molecular weight excluding hydrogens is 338 g/mol. The Morgan fingerprint density at radius 3 is 2.44 bits per heavy atom. The van der Waals surface area contributed by atoms with Crippen molar-refractivity contribution in [2.75, 3.05) is 30.4 Å². The van der Waals surface area contributed by atoms with Crippen LogP contribution in [0.3, 0.4) is 0 Å². The summed E-state index contributed by atoms with van der Waals surface area (Å²) in [7, 11) is 1.92. The molecule has 0 bridgehead atoms. The third-order valence-corrected chi connectivity index (χ3v) is 4.75. The fourth-order valence-corrected chi connectivity index (χ4v) is 3.25. The van der Waals surface area contributed by atoms with Crippen LogP contribution in [0.1, 0.15) is 31.9 Å². The van der Waals surface area contributed by atoms with Gasteiger partial charge in [-0.1, -0.05) is 57.2 Å². The van der Waals surface area contributed by atoms with Crippen LogP contribution in [0.5, 0.6) is 0 Å². The third-order valence-electron chi connectivity index (χ3n) is 4.75. The molecule has 5 heteroatoms. The summed E-state index contributed by atoms with van der Waals surface area (Å²) in [5.74, 6) is -0.242. The van der Waals surface area contributed by atoms with Crippen LogP contribution in [-0.2, 0) is 21.5 Å². The molecule has 2 aromatic carbocycles. The monoisotopic (exact) mass is 365 g/mol. The molecule has 0 spiro atoms. The number of rotatable bonds is 4. The van der Waals surface area contributed by atoms with Crippen LogP contribution in [0.4, 0.5) is 11.4 Å². The number of anilines is 2. The average Bonchev–Trinajstić information content (AvgIpc) is 2.60. The van der Waals surface area contributed by atoms with Crippen LogP contribution < -0.4 is 10.2 Å². The predicted octanol–water partition coefficient (Wildman–Crippen LogP) is 3.40. The summed E-state index contributed by atoms with van der Waals surface area (Å²) >= 11 is 0. The predicted molar refractivity (Wildman–Crippen MR) is 109 cm³/mol. The van der Waals surface area contributed by atoms with Gasteiger partial charge in [0.15, 0.2) is 0 Å². The average molecular weight is 365 g/mol. The number of benzene rings is 2. The summed E-state index contributed by atoms with van der Waals surface area (Å²) in [5.41, 5.74) is 4.02. The molecule has 1 aliphatic heterocycles. The number of likely N-dealkylation sites (N-methyl/N-ethyl adjacent to an activating group) is 1. The molecular formula is C22H27N3O2. The van der Waals surface area contributed by atoms with E-state index in [1.54, 1.807) is 4.90 Å². The highest BCUT2D eigenvalue weighted by molar-refractivity contribution is 6.10. The van der Waals surface area contributed by atoms with Gasteiger partial charge in [-0.3, -0.25) is 19.4 Å². The summed E-state index contributed by atoms with van der Waals surface area (Å²) < 4.78 is 0. The maximum absolute atomic E-state index is 12.8. The molecule has 0 unspecified atom stereocenters. The van der Waals surface area contributed by atoms with Crippen molar-refractivity contribution >= 4 is 23.2 Å². The molecule has 1 heterocycles. The minimum absolute atomic E-state index is 0.0595. The van der Waals surface area contributed by atoms with Crippen molar-refractivity contribution in [1.82, 2.24) is 4.90 Å². The molecule has 0 aromatic heterocycles. The number of nitrogens with zero attached hydrogens (tertiary/aromatic N) is 2. The van der Waals surface area contributed by atoms with Crippen molar-refractivity contribution in [2.24, 2.45) is 0 Å². The van der Waals surface area contributed by atoms with Gasteiger partial charge in [-0.05, 0) is 35.7 Å². The van der Waals surface area contributed by atoms with E-state index in [1.807, 2.05) is 36.2 Å². The second-order valence-corrected chi connectivity index (χ2v) is 8.16. The first-order valence-corrected chi connectivity index (χ1v) is 9.21. The van der Waals surface area contributed by atoms with Gasteiger partial charge in [0.1, 0.15) is 6.54 Å². The summed E-state index contributed by atoms with van der Waals surface area (Å²) in [5, 5.41) is 2.81. The van der Waals surface area contributed by atoms with Gasteiger partial charge in [0.05, 0.1) is 17.9 Å². The number of amides is 2. The zero-order chi connectivity index (χ0) is 19.6. The van der Waals surface area contributed by atoms with Crippen molar-refractivity contribution in [3.63, 3.8) is 0 Å². The number of para-hydroxylation sites is 2. The standard InChI is InChI=1S/C22H27N3O2/c1-22(2,3)17-11-9-16(10-12-17)13-24(4)15-21(27)25-14-20(26)23-18-7-5-6-8-19(18)25/h5-12H,13-15H2,1-4H3,(H,23,26). The topological polar surface area (TPSA) is 52.7 Å². The molecule has 1 aliphatic rings. The first-order chi connectivity index (χ1) is 12.7. The van der Waals surface area contributed by atoms with Crippen molar-refractivity contribution in [1.29, 1.82) is 0 Å². The van der Waals surface area contributed by atoms with Gasteiger partial charge in [0, 0.05) is 6.54 Å². The van der Waals surface area contributed by atoms with Crippen LogP contribution in [0.15, 0.2) is 48.5 Å². The fourth-order valence-electron chi connectivity index (χ4n) is 3.25. The number of carbonyl (C=O) groups is 2. The number of fused-ring (bicyclic) bond motifs is 1. The van der Waals surface area contributed by atoms with Crippen LogP contribution >= 0.6 is 0 Å². The van der Waals surface area contributed by atoms with E-state index in [-0.39, 0.29) is 30.3 Å². The summed E-state index contributed by atoms with van der Waals surface area (Å²) in [6, 6.07) is 15.9. The molecule has 1 N–H and O–H groups in total. The fraction of sp³-hybridized carbons (Fsp3) is 0.364. The Kier molecular flexibility index (Phi) is 5.33. The smallest absolute Gasteiger partial charge is 0.244 e. The quantitative estimate of drug-likeness (QED) is 0.903. The molecule has 0 saturated heterocycles. The Morgan fingerprint density at radius 1 is 1.11 bits per heavy atom. The Balaban J connectivity index is 1.65. The van der Waals surface area contributed by atoms with Gasteiger partial charge < -0.3 is 5.32 Å². The van der Waals surface area contributed by atoms with Gasteiger partial charge in [0.25, 0.3) is 0 Å². The van der Waals surface area contributed by atoms with E-state index in [9.17, 15) is 9.59 Å². The minimum Gasteiger partial charge on any atom is -0.323 e. The molecule has 5 nitrogen and oxygen atoms in total. The van der Waals surface area contributed by atoms with Gasteiger partial charge in [0.2, 0.25) is 11.8 Å². The van der Waals surface area contributed by atoms with Gasteiger partial charge >= 0.3 is 0 Å². The second kappa shape index (κ2) is 7.53. The molecule has 27 heavy (non-hydrogen) atoms. The third kappa shape index (κ3) is 4.55. The maximum atomic E-state index is 12.8. The van der Waals surface area contributed by atoms with E-state index in [0.29, 0.717) is 12.2 Å². The molecule has 0 atom stereocenters.